The Morgan fingerprint density at radius 3 is 2.56 bits per heavy atom. The molecule has 25 heavy (non-hydrogen) atoms. The Morgan fingerprint density at radius 2 is 1.88 bits per heavy atom. The molecule has 0 aliphatic rings. The fourth-order valence-electron chi connectivity index (χ4n) is 1.94. The molecule has 0 saturated heterocycles. The maximum atomic E-state index is 12.3. The lowest BCUT2D eigenvalue weighted by Crippen LogP contribution is -2.27. The number of methoxy groups -OCH3 is 1. The van der Waals surface area contributed by atoms with Crippen LogP contribution in [0.15, 0.2) is 47.4 Å². The predicted molar refractivity (Wildman–Crippen MR) is 97.9 cm³/mol. The van der Waals surface area contributed by atoms with E-state index in [2.05, 4.69) is 10.0 Å². The van der Waals surface area contributed by atoms with Gasteiger partial charge >= 0.3 is 0 Å². The molecule has 0 aliphatic heterocycles. The maximum absolute atomic E-state index is 12.3. The number of carbonyl (C=O) groups is 1. The van der Waals surface area contributed by atoms with Gasteiger partial charge in [-0.3, -0.25) is 4.79 Å². The van der Waals surface area contributed by atoms with Gasteiger partial charge in [0.2, 0.25) is 10.0 Å². The van der Waals surface area contributed by atoms with Crippen LogP contribution >= 0.6 is 23.2 Å². The Kier molecular flexibility index (Phi) is 6.80. The third-order valence-electron chi connectivity index (χ3n) is 3.18. The Balaban J connectivity index is 2.17. The van der Waals surface area contributed by atoms with Gasteiger partial charge in [0, 0.05) is 24.9 Å². The van der Waals surface area contributed by atoms with Crippen molar-refractivity contribution in [1.82, 2.24) is 4.72 Å². The summed E-state index contributed by atoms with van der Waals surface area (Å²) in [4.78, 5) is 12.3. The lowest BCUT2D eigenvalue weighted by Gasteiger charge is -2.09. The van der Waals surface area contributed by atoms with Crippen molar-refractivity contribution in [2.45, 2.75) is 4.90 Å². The van der Waals surface area contributed by atoms with Crippen molar-refractivity contribution in [3.05, 3.63) is 58.1 Å². The highest BCUT2D eigenvalue weighted by atomic mass is 35.5. The van der Waals surface area contributed by atoms with Gasteiger partial charge < -0.3 is 10.1 Å². The molecular formula is C16H16Cl2N2O4S. The third kappa shape index (κ3) is 5.42. The normalized spacial score (nSPS) is 11.3. The average molecular weight is 403 g/mol. The first-order chi connectivity index (χ1) is 11.8. The third-order valence-corrected chi connectivity index (χ3v) is 5.38. The number of carbonyl (C=O) groups excluding carboxylic acids is 1. The van der Waals surface area contributed by atoms with E-state index in [0.29, 0.717) is 15.7 Å². The zero-order valence-electron chi connectivity index (χ0n) is 13.3. The molecule has 0 saturated carbocycles. The first-order valence-corrected chi connectivity index (χ1v) is 9.42. The van der Waals surface area contributed by atoms with Gasteiger partial charge in [0.1, 0.15) is 0 Å². The van der Waals surface area contributed by atoms with E-state index < -0.39 is 15.9 Å². The lowest BCUT2D eigenvalue weighted by atomic mass is 10.2. The molecule has 0 radical (unpaired) electrons. The van der Waals surface area contributed by atoms with Crippen molar-refractivity contribution in [2.24, 2.45) is 0 Å². The molecule has 2 N–H and O–H groups in total. The number of sulfonamides is 1. The lowest BCUT2D eigenvalue weighted by molar-refractivity contribution is 0.102. The molecule has 0 heterocycles. The summed E-state index contributed by atoms with van der Waals surface area (Å²) in [6.07, 6.45) is 0. The topological polar surface area (TPSA) is 84.5 Å². The SMILES string of the molecule is COCCNS(=O)(=O)c1cccc(C(=O)Nc2ccc(Cl)c(Cl)c2)c1. The van der Waals surface area contributed by atoms with E-state index in [0.717, 1.165) is 0 Å². The van der Waals surface area contributed by atoms with Crippen LogP contribution in [-0.4, -0.2) is 34.6 Å². The van der Waals surface area contributed by atoms with Gasteiger partial charge in [0.25, 0.3) is 5.91 Å². The molecule has 0 atom stereocenters. The van der Waals surface area contributed by atoms with E-state index in [-0.39, 0.29) is 23.6 Å². The van der Waals surface area contributed by atoms with Crippen LogP contribution in [0, 0.1) is 0 Å². The minimum absolute atomic E-state index is 0.00890. The minimum Gasteiger partial charge on any atom is -0.383 e. The second-order valence-corrected chi connectivity index (χ2v) is 7.58. The highest BCUT2D eigenvalue weighted by molar-refractivity contribution is 7.89. The maximum Gasteiger partial charge on any atom is 0.255 e. The Bertz CT molecular complexity index is 872. The number of ether oxygens (including phenoxy) is 1. The molecule has 0 fully saturated rings. The number of halogens is 2. The van der Waals surface area contributed by atoms with Crippen LogP contribution in [0.25, 0.3) is 0 Å². The van der Waals surface area contributed by atoms with Gasteiger partial charge in [0.15, 0.2) is 0 Å². The molecule has 2 aromatic rings. The van der Waals surface area contributed by atoms with Crippen molar-refractivity contribution < 1.29 is 17.9 Å². The van der Waals surface area contributed by atoms with Crippen molar-refractivity contribution in [1.29, 1.82) is 0 Å². The molecule has 134 valence electrons. The summed E-state index contributed by atoms with van der Waals surface area (Å²) < 4.78 is 31.6. The van der Waals surface area contributed by atoms with Gasteiger partial charge in [0.05, 0.1) is 21.5 Å². The Labute approximate surface area is 156 Å². The second kappa shape index (κ2) is 8.64. The number of anilines is 1. The zero-order chi connectivity index (χ0) is 18.4. The molecule has 0 bridgehead atoms. The molecular weight excluding hydrogens is 387 g/mol. The highest BCUT2D eigenvalue weighted by Gasteiger charge is 2.16. The van der Waals surface area contributed by atoms with Gasteiger partial charge in [-0.2, -0.15) is 0 Å². The number of amides is 1. The Hall–Kier alpha value is -1.64. The number of hydrogen-bond donors (Lipinski definition) is 2. The number of rotatable bonds is 7. The number of hydrogen-bond acceptors (Lipinski definition) is 4. The highest BCUT2D eigenvalue weighted by Crippen LogP contribution is 2.25. The molecule has 0 aliphatic carbocycles. The van der Waals surface area contributed by atoms with Crippen LogP contribution < -0.4 is 10.0 Å². The minimum atomic E-state index is -3.72. The summed E-state index contributed by atoms with van der Waals surface area (Å²) in [7, 11) is -2.25. The van der Waals surface area contributed by atoms with Gasteiger partial charge in [-0.25, -0.2) is 13.1 Å². The summed E-state index contributed by atoms with van der Waals surface area (Å²) in [6.45, 7) is 0.384. The molecule has 0 spiro atoms. The van der Waals surface area contributed by atoms with E-state index in [4.69, 9.17) is 27.9 Å². The second-order valence-electron chi connectivity index (χ2n) is 5.00. The standard InChI is InChI=1S/C16H16Cl2N2O4S/c1-24-8-7-19-25(22,23)13-4-2-3-11(9-13)16(21)20-12-5-6-14(17)15(18)10-12/h2-6,9-10,19H,7-8H2,1H3,(H,20,21). The predicted octanol–water partition coefficient (Wildman–Crippen LogP) is 3.17. The summed E-state index contributed by atoms with van der Waals surface area (Å²) in [5.41, 5.74) is 0.645. The molecule has 2 rings (SSSR count). The first-order valence-electron chi connectivity index (χ1n) is 7.18. The van der Waals surface area contributed by atoms with Crippen molar-refractivity contribution >= 4 is 44.8 Å². The van der Waals surface area contributed by atoms with Crippen molar-refractivity contribution in [2.75, 3.05) is 25.6 Å². The van der Waals surface area contributed by atoms with Gasteiger partial charge in [-0.15, -0.1) is 0 Å². The average Bonchev–Trinajstić information content (AvgIpc) is 2.58. The molecule has 2 aromatic carbocycles. The molecule has 9 heteroatoms. The van der Waals surface area contributed by atoms with E-state index in [1.165, 1.54) is 37.4 Å². The smallest absolute Gasteiger partial charge is 0.255 e. The summed E-state index contributed by atoms with van der Waals surface area (Å²) in [5.74, 6) is -0.465. The summed E-state index contributed by atoms with van der Waals surface area (Å²) >= 11 is 11.7. The largest absolute Gasteiger partial charge is 0.383 e. The monoisotopic (exact) mass is 402 g/mol. The van der Waals surface area contributed by atoms with Gasteiger partial charge in [-0.1, -0.05) is 29.3 Å². The summed E-state index contributed by atoms with van der Waals surface area (Å²) in [5, 5.41) is 3.31. The van der Waals surface area contributed by atoms with E-state index >= 15 is 0 Å². The molecule has 0 aromatic heterocycles. The number of benzene rings is 2. The first kappa shape index (κ1) is 19.7. The van der Waals surface area contributed by atoms with Crippen molar-refractivity contribution in [3.63, 3.8) is 0 Å². The summed E-state index contributed by atoms with van der Waals surface area (Å²) in [6, 6.07) is 10.4. The van der Waals surface area contributed by atoms with Crippen LogP contribution in [0.5, 0.6) is 0 Å². The van der Waals surface area contributed by atoms with Crippen LogP contribution in [-0.2, 0) is 14.8 Å². The van der Waals surface area contributed by atoms with E-state index in [9.17, 15) is 13.2 Å². The quantitative estimate of drug-likeness (QED) is 0.696. The van der Waals surface area contributed by atoms with Gasteiger partial charge in [-0.05, 0) is 36.4 Å². The molecule has 1 amide bonds. The fraction of sp³-hybridized carbons (Fsp3) is 0.188. The zero-order valence-corrected chi connectivity index (χ0v) is 15.6. The Morgan fingerprint density at radius 1 is 1.12 bits per heavy atom. The molecule has 6 nitrogen and oxygen atoms in total. The fourth-order valence-corrected chi connectivity index (χ4v) is 3.30. The van der Waals surface area contributed by atoms with Crippen molar-refractivity contribution in [3.8, 4) is 0 Å². The molecule has 0 unspecified atom stereocenters. The number of nitrogens with one attached hydrogen (secondary N) is 2. The van der Waals surface area contributed by atoms with Crippen LogP contribution in [0.2, 0.25) is 10.0 Å². The van der Waals surface area contributed by atoms with Crippen LogP contribution in [0.4, 0.5) is 5.69 Å². The van der Waals surface area contributed by atoms with Crippen LogP contribution in [0.3, 0.4) is 0 Å². The van der Waals surface area contributed by atoms with E-state index in [1.807, 2.05) is 0 Å². The van der Waals surface area contributed by atoms with Crippen LogP contribution in [0.1, 0.15) is 10.4 Å². The van der Waals surface area contributed by atoms with E-state index in [1.54, 1.807) is 12.1 Å².